The lowest BCUT2D eigenvalue weighted by atomic mass is 9.77. The van der Waals surface area contributed by atoms with Crippen LogP contribution < -0.4 is 5.73 Å². The molecule has 2 N–H and O–H groups in total. The Morgan fingerprint density at radius 2 is 2.11 bits per heavy atom. The molecule has 1 unspecified atom stereocenters. The van der Waals surface area contributed by atoms with Crippen LogP contribution in [0.4, 0.5) is 0 Å². The van der Waals surface area contributed by atoms with Gasteiger partial charge in [-0.2, -0.15) is 5.26 Å². The molecule has 1 heterocycles. The summed E-state index contributed by atoms with van der Waals surface area (Å²) in [7, 11) is 0. The smallest absolute Gasteiger partial charge is 0.315 e. The first-order valence-electron chi connectivity index (χ1n) is 8.02. The number of carbonyl (C=O) groups is 2. The molecule has 1 aromatic rings. The third-order valence-corrected chi connectivity index (χ3v) is 5.17. The van der Waals surface area contributed by atoms with Crippen molar-refractivity contribution in [2.24, 2.45) is 16.6 Å². The monoisotopic (exact) mass is 403 g/mol. The van der Waals surface area contributed by atoms with Gasteiger partial charge in [0.25, 0.3) is 0 Å². The summed E-state index contributed by atoms with van der Waals surface area (Å²) in [6, 6.07) is 9.03. The molecule has 6 nitrogen and oxygen atoms in total. The Hall–Kier alpha value is -2.56. The van der Waals surface area contributed by atoms with Crippen LogP contribution in [0.15, 0.2) is 52.5 Å². The van der Waals surface area contributed by atoms with Gasteiger partial charge in [-0.3, -0.25) is 9.59 Å². The van der Waals surface area contributed by atoms with E-state index in [9.17, 15) is 14.9 Å². The molecule has 140 valence electrons. The maximum atomic E-state index is 12.7. The summed E-state index contributed by atoms with van der Waals surface area (Å²) in [4.78, 5) is 28.2. The summed E-state index contributed by atoms with van der Waals surface area (Å²) >= 11 is 7.05. The number of carbonyl (C=O) groups excluding carboxylic acids is 2. The van der Waals surface area contributed by atoms with Crippen molar-refractivity contribution in [2.75, 3.05) is 12.4 Å². The molecule has 0 bridgehead atoms. The fraction of sp³-hybridized carbons (Fsp3) is 0.263. The highest BCUT2D eigenvalue weighted by atomic mass is 35.5. The number of esters is 1. The number of ether oxygens (including phenoxy) is 1. The fourth-order valence-corrected chi connectivity index (χ4v) is 3.71. The van der Waals surface area contributed by atoms with Crippen molar-refractivity contribution in [3.63, 3.8) is 0 Å². The highest BCUT2D eigenvalue weighted by molar-refractivity contribution is 8.03. The van der Waals surface area contributed by atoms with Crippen molar-refractivity contribution in [3.8, 4) is 6.07 Å². The van der Waals surface area contributed by atoms with E-state index >= 15 is 0 Å². The van der Waals surface area contributed by atoms with Crippen LogP contribution in [-0.4, -0.2) is 29.9 Å². The van der Waals surface area contributed by atoms with Crippen LogP contribution in [0.3, 0.4) is 0 Å². The summed E-state index contributed by atoms with van der Waals surface area (Å²) < 4.78 is 5.23. The van der Waals surface area contributed by atoms with Crippen LogP contribution in [0.1, 0.15) is 18.4 Å². The molecule has 8 heteroatoms. The van der Waals surface area contributed by atoms with E-state index in [4.69, 9.17) is 22.1 Å². The van der Waals surface area contributed by atoms with Crippen molar-refractivity contribution >= 4 is 41.0 Å². The van der Waals surface area contributed by atoms with E-state index in [2.05, 4.69) is 17.6 Å². The zero-order valence-corrected chi connectivity index (χ0v) is 16.2. The van der Waals surface area contributed by atoms with E-state index < -0.39 is 23.7 Å². The zero-order valence-electron chi connectivity index (χ0n) is 14.6. The summed E-state index contributed by atoms with van der Waals surface area (Å²) in [6.07, 6.45) is 1.47. The number of amides is 1. The minimum atomic E-state index is -0.765. The lowest BCUT2D eigenvalue weighted by Crippen LogP contribution is -2.34. The molecule has 1 aliphatic rings. The molecule has 0 saturated heterocycles. The molecule has 0 aliphatic carbocycles. The van der Waals surface area contributed by atoms with Crippen molar-refractivity contribution in [3.05, 3.63) is 58.1 Å². The van der Waals surface area contributed by atoms with Gasteiger partial charge in [0, 0.05) is 16.7 Å². The lowest BCUT2D eigenvalue weighted by molar-refractivity contribution is -0.145. The Balaban J connectivity index is 2.54. The summed E-state index contributed by atoms with van der Waals surface area (Å²) in [5, 5.41) is 10.7. The van der Waals surface area contributed by atoms with Crippen molar-refractivity contribution in [2.45, 2.75) is 12.8 Å². The van der Waals surface area contributed by atoms with Gasteiger partial charge < -0.3 is 10.5 Å². The van der Waals surface area contributed by atoms with E-state index in [1.54, 1.807) is 31.2 Å². The number of rotatable bonds is 7. The van der Waals surface area contributed by atoms with Gasteiger partial charge >= 0.3 is 5.97 Å². The molecule has 0 fully saturated rings. The van der Waals surface area contributed by atoms with Gasteiger partial charge in [0.05, 0.1) is 17.4 Å². The normalized spacial score (nSPS) is 19.1. The van der Waals surface area contributed by atoms with Crippen LogP contribution in [0, 0.1) is 17.2 Å². The third kappa shape index (κ3) is 5.00. The maximum Gasteiger partial charge on any atom is 0.315 e. The van der Waals surface area contributed by atoms with Gasteiger partial charge in [0.15, 0.2) is 0 Å². The second-order valence-electron chi connectivity index (χ2n) is 5.76. The van der Waals surface area contributed by atoms with Crippen LogP contribution in [0.5, 0.6) is 0 Å². The summed E-state index contributed by atoms with van der Waals surface area (Å²) in [5.74, 6) is -2.40. The number of benzene rings is 1. The SMILES string of the molecule is C=CCOC(=O)C1C(C)=NC(SCC(N)=O)=C(C#N)[C@H]1c1ccc(Cl)cc1. The Labute approximate surface area is 166 Å². The van der Waals surface area contributed by atoms with Crippen molar-refractivity contribution in [1.82, 2.24) is 0 Å². The summed E-state index contributed by atoms with van der Waals surface area (Å²) in [5.41, 5.74) is 6.72. The maximum absolute atomic E-state index is 12.7. The van der Waals surface area contributed by atoms with Gasteiger partial charge in [-0.15, -0.1) is 0 Å². The number of allylic oxidation sites excluding steroid dienone is 1. The molecule has 0 radical (unpaired) electrons. The van der Waals surface area contributed by atoms with E-state index in [1.807, 2.05) is 0 Å². The predicted octanol–water partition coefficient (Wildman–Crippen LogP) is 3.20. The number of primary amides is 1. The van der Waals surface area contributed by atoms with Crippen LogP contribution in [0.25, 0.3) is 0 Å². The molecule has 0 aromatic heterocycles. The standard InChI is InChI=1S/C19H18ClN3O3S/c1-3-8-26-19(25)16-11(2)23-18(27-10-15(22)24)14(9-21)17(16)12-4-6-13(20)7-5-12/h3-7,16-17H,1,8,10H2,2H3,(H2,22,24)/t16?,17-/m1/s1. The lowest BCUT2D eigenvalue weighted by Gasteiger charge is -2.30. The van der Waals surface area contributed by atoms with Gasteiger partial charge in [-0.05, 0) is 24.6 Å². The van der Waals surface area contributed by atoms with Crippen molar-refractivity contribution < 1.29 is 14.3 Å². The van der Waals surface area contributed by atoms with Gasteiger partial charge in [0.2, 0.25) is 5.91 Å². The van der Waals surface area contributed by atoms with E-state index in [-0.39, 0.29) is 17.9 Å². The largest absolute Gasteiger partial charge is 0.461 e. The quantitative estimate of drug-likeness (QED) is 0.555. The Kier molecular flexibility index (Phi) is 7.22. The van der Waals surface area contributed by atoms with E-state index in [0.717, 1.165) is 17.3 Å². The number of hydrogen-bond donors (Lipinski definition) is 1. The molecule has 0 spiro atoms. The van der Waals surface area contributed by atoms with E-state index in [1.165, 1.54) is 6.08 Å². The number of nitrogens with two attached hydrogens (primary N) is 1. The molecule has 0 saturated carbocycles. The topological polar surface area (TPSA) is 106 Å². The van der Waals surface area contributed by atoms with Gasteiger partial charge in [0.1, 0.15) is 17.6 Å². The number of nitrogens with zero attached hydrogens (tertiary/aromatic N) is 2. The van der Waals surface area contributed by atoms with Crippen LogP contribution >= 0.6 is 23.4 Å². The number of hydrogen-bond acceptors (Lipinski definition) is 6. The molecule has 1 aromatic carbocycles. The second kappa shape index (κ2) is 9.40. The second-order valence-corrected chi connectivity index (χ2v) is 7.16. The fourth-order valence-electron chi connectivity index (χ4n) is 2.76. The minimum absolute atomic E-state index is 0.0177. The zero-order chi connectivity index (χ0) is 20.0. The Morgan fingerprint density at radius 1 is 1.44 bits per heavy atom. The molecular formula is C19H18ClN3O3S. The van der Waals surface area contributed by atoms with Crippen LogP contribution in [-0.2, 0) is 14.3 Å². The average Bonchev–Trinajstić information content (AvgIpc) is 2.64. The minimum Gasteiger partial charge on any atom is -0.461 e. The molecule has 2 rings (SSSR count). The van der Waals surface area contributed by atoms with Gasteiger partial charge in [-0.25, -0.2) is 4.99 Å². The summed E-state index contributed by atoms with van der Waals surface area (Å²) in [6.45, 7) is 5.29. The first-order chi connectivity index (χ1) is 12.9. The number of nitriles is 1. The molecule has 27 heavy (non-hydrogen) atoms. The molecule has 1 aliphatic heterocycles. The van der Waals surface area contributed by atoms with Gasteiger partial charge in [-0.1, -0.05) is 48.2 Å². The number of aliphatic imine (C=N–C) groups is 1. The van der Waals surface area contributed by atoms with E-state index in [0.29, 0.717) is 15.8 Å². The number of halogens is 1. The predicted molar refractivity (Wildman–Crippen MR) is 106 cm³/mol. The van der Waals surface area contributed by atoms with Crippen LogP contribution in [0.2, 0.25) is 5.02 Å². The first-order valence-corrected chi connectivity index (χ1v) is 9.39. The average molecular weight is 404 g/mol. The Morgan fingerprint density at radius 3 is 2.67 bits per heavy atom. The molecule has 1 amide bonds. The highest BCUT2D eigenvalue weighted by Crippen LogP contribution is 2.42. The molecular weight excluding hydrogens is 386 g/mol. The number of thioether (sulfide) groups is 1. The Bertz CT molecular complexity index is 856. The molecule has 2 atom stereocenters. The van der Waals surface area contributed by atoms with Crippen molar-refractivity contribution in [1.29, 1.82) is 5.26 Å². The highest BCUT2D eigenvalue weighted by Gasteiger charge is 2.40. The first kappa shape index (κ1) is 20.7. The third-order valence-electron chi connectivity index (χ3n) is 3.90.